The molecule has 12 atom stereocenters. The molecule has 2 saturated heterocycles. The van der Waals surface area contributed by atoms with E-state index in [0.29, 0.717) is 6.42 Å². The fourth-order valence-corrected chi connectivity index (χ4v) is 7.47. The van der Waals surface area contributed by atoms with E-state index in [9.17, 15) is 45.6 Å². The van der Waals surface area contributed by atoms with Gasteiger partial charge in [-0.05, 0) is 19.3 Å². The summed E-state index contributed by atoms with van der Waals surface area (Å²) in [5.41, 5.74) is 0. The van der Waals surface area contributed by atoms with Gasteiger partial charge in [-0.1, -0.05) is 148 Å². The number of aliphatic hydroxyl groups excluding tert-OH is 8. The van der Waals surface area contributed by atoms with Crippen molar-refractivity contribution in [1.29, 1.82) is 0 Å². The topological polar surface area (TPSA) is 228 Å². The van der Waals surface area contributed by atoms with Gasteiger partial charge >= 0.3 is 0 Å². The van der Waals surface area contributed by atoms with E-state index in [4.69, 9.17) is 18.9 Å². The molecule has 0 aromatic heterocycles. The first-order valence-electron chi connectivity index (χ1n) is 22.4. The molecule has 14 nitrogen and oxygen atoms in total. The standard InChI is InChI=1S/C43H81NO13/c1-3-5-7-9-11-13-14-15-16-17-19-21-23-25-27-35(48)44-31(32(47)26-24-22-20-18-12-10-8-6-4-2)30-54-42-40(53)38(51)41(34(29-46)56-42)57-43-39(52)37(50)36(49)33(28-45)55-43/h24,26,31-34,36-43,45-47,49-53H,3-23,25,27-30H2,1-2H3,(H,44,48)/b26-24+/t31-,32+,33+,34+,36-,37?,38?,39?,40?,41+,42+,43-/m0/s1. The maximum atomic E-state index is 13.1. The second kappa shape index (κ2) is 31.6. The summed E-state index contributed by atoms with van der Waals surface area (Å²) in [5, 5.41) is 86.2. The average molecular weight is 820 g/mol. The van der Waals surface area contributed by atoms with Gasteiger partial charge in [0.05, 0.1) is 32.0 Å². The van der Waals surface area contributed by atoms with Gasteiger partial charge in [-0.3, -0.25) is 4.79 Å². The molecule has 0 aromatic rings. The van der Waals surface area contributed by atoms with Crippen LogP contribution in [0.1, 0.15) is 162 Å². The fraction of sp³-hybridized carbons (Fsp3) is 0.930. The van der Waals surface area contributed by atoms with Gasteiger partial charge in [-0.2, -0.15) is 0 Å². The van der Waals surface area contributed by atoms with Crippen molar-refractivity contribution in [3.05, 3.63) is 12.2 Å². The van der Waals surface area contributed by atoms with Crippen LogP contribution in [0.4, 0.5) is 0 Å². The first kappa shape index (κ1) is 51.9. The van der Waals surface area contributed by atoms with Gasteiger partial charge in [-0.15, -0.1) is 0 Å². The molecular formula is C43H81NO13. The Morgan fingerprint density at radius 3 is 1.61 bits per heavy atom. The van der Waals surface area contributed by atoms with Crippen molar-refractivity contribution in [2.24, 2.45) is 0 Å². The maximum absolute atomic E-state index is 13.1. The Bertz CT molecular complexity index is 1020. The van der Waals surface area contributed by atoms with E-state index in [1.54, 1.807) is 6.08 Å². The van der Waals surface area contributed by atoms with Crippen LogP contribution < -0.4 is 5.32 Å². The molecule has 0 bridgehead atoms. The molecule has 2 fully saturated rings. The lowest BCUT2D eigenvalue weighted by Gasteiger charge is -2.46. The van der Waals surface area contributed by atoms with Crippen LogP contribution in [0, 0.1) is 0 Å². The Morgan fingerprint density at radius 1 is 0.614 bits per heavy atom. The highest BCUT2D eigenvalue weighted by Crippen LogP contribution is 2.30. The van der Waals surface area contributed by atoms with E-state index < -0.39 is 86.8 Å². The molecule has 0 aromatic carbocycles. The number of nitrogens with one attached hydrogen (secondary N) is 1. The van der Waals surface area contributed by atoms with Crippen molar-refractivity contribution in [3.8, 4) is 0 Å². The summed E-state index contributed by atoms with van der Waals surface area (Å²) < 4.78 is 22.6. The Balaban J connectivity index is 1.89. The highest BCUT2D eigenvalue weighted by atomic mass is 16.7. The van der Waals surface area contributed by atoms with E-state index in [2.05, 4.69) is 19.2 Å². The quantitative estimate of drug-likeness (QED) is 0.0337. The smallest absolute Gasteiger partial charge is 0.220 e. The van der Waals surface area contributed by atoms with Crippen LogP contribution in [0.5, 0.6) is 0 Å². The average Bonchev–Trinajstić information content (AvgIpc) is 3.21. The zero-order chi connectivity index (χ0) is 41.8. The molecule has 2 aliphatic heterocycles. The van der Waals surface area contributed by atoms with Gasteiger partial charge in [0.1, 0.15) is 48.8 Å². The van der Waals surface area contributed by atoms with E-state index >= 15 is 0 Å². The number of unbranched alkanes of at least 4 members (excludes halogenated alkanes) is 20. The summed E-state index contributed by atoms with van der Waals surface area (Å²) in [6, 6.07) is -0.905. The number of rotatable bonds is 33. The lowest BCUT2D eigenvalue weighted by atomic mass is 9.97. The van der Waals surface area contributed by atoms with Crippen molar-refractivity contribution in [3.63, 3.8) is 0 Å². The van der Waals surface area contributed by atoms with Gasteiger partial charge in [-0.25, -0.2) is 0 Å². The molecule has 2 heterocycles. The van der Waals surface area contributed by atoms with Gasteiger partial charge in [0, 0.05) is 6.42 Å². The number of allylic oxidation sites excluding steroid dienone is 1. The zero-order valence-corrected chi connectivity index (χ0v) is 35.1. The molecule has 2 aliphatic rings. The lowest BCUT2D eigenvalue weighted by Crippen LogP contribution is -2.65. The van der Waals surface area contributed by atoms with Crippen LogP contribution in [0.15, 0.2) is 12.2 Å². The molecule has 9 N–H and O–H groups in total. The first-order chi connectivity index (χ1) is 27.6. The van der Waals surface area contributed by atoms with Gasteiger partial charge in [0.25, 0.3) is 0 Å². The second-order valence-corrected chi connectivity index (χ2v) is 16.2. The minimum Gasteiger partial charge on any atom is -0.394 e. The molecular weight excluding hydrogens is 738 g/mol. The third kappa shape index (κ3) is 20.2. The van der Waals surface area contributed by atoms with E-state index in [-0.39, 0.29) is 18.9 Å². The first-order valence-corrected chi connectivity index (χ1v) is 22.4. The predicted octanol–water partition coefficient (Wildman–Crippen LogP) is 4.04. The monoisotopic (exact) mass is 820 g/mol. The molecule has 0 saturated carbocycles. The van der Waals surface area contributed by atoms with Crippen molar-refractivity contribution in [2.45, 2.75) is 235 Å². The molecule has 4 unspecified atom stereocenters. The molecule has 336 valence electrons. The molecule has 2 rings (SSSR count). The van der Waals surface area contributed by atoms with Crippen LogP contribution in [0.3, 0.4) is 0 Å². The Hall–Kier alpha value is -1.27. The van der Waals surface area contributed by atoms with Gasteiger partial charge in [0.15, 0.2) is 12.6 Å². The van der Waals surface area contributed by atoms with E-state index in [1.807, 2.05) is 6.08 Å². The summed E-state index contributed by atoms with van der Waals surface area (Å²) in [5.74, 6) is -0.242. The number of aliphatic hydroxyl groups is 8. The number of hydrogen-bond donors (Lipinski definition) is 9. The highest BCUT2D eigenvalue weighted by molar-refractivity contribution is 5.76. The van der Waals surface area contributed by atoms with E-state index in [0.717, 1.165) is 38.5 Å². The third-order valence-corrected chi connectivity index (χ3v) is 11.2. The third-order valence-electron chi connectivity index (χ3n) is 11.2. The van der Waals surface area contributed by atoms with Crippen molar-refractivity contribution in [1.82, 2.24) is 5.32 Å². The normalized spacial score (nSPS) is 29.2. The Morgan fingerprint density at radius 2 is 1.09 bits per heavy atom. The van der Waals surface area contributed by atoms with Crippen molar-refractivity contribution in [2.75, 3.05) is 19.8 Å². The van der Waals surface area contributed by atoms with Crippen molar-refractivity contribution < 1.29 is 64.6 Å². The summed E-state index contributed by atoms with van der Waals surface area (Å²) >= 11 is 0. The minimum atomic E-state index is -1.78. The molecule has 0 aliphatic carbocycles. The summed E-state index contributed by atoms with van der Waals surface area (Å²) in [4.78, 5) is 13.1. The number of carbonyl (C=O) groups excluding carboxylic acids is 1. The lowest BCUT2D eigenvalue weighted by molar-refractivity contribution is -0.359. The highest BCUT2D eigenvalue weighted by Gasteiger charge is 2.50. The Kier molecular flexibility index (Phi) is 28.7. The SMILES string of the molecule is CCCCCCCCC/C=C/[C@@H](O)[C@H](CO[C@@H]1O[C@H](CO)[C@@H](O[C@@H]2O[C@H](CO)[C@H](O)C(O)C2O)C(O)C1O)NC(=O)CCCCCCCCCCCCCCCC. The molecule has 0 spiro atoms. The van der Waals surface area contributed by atoms with Crippen LogP contribution >= 0.6 is 0 Å². The van der Waals surface area contributed by atoms with Crippen LogP contribution in [-0.4, -0.2) is 140 Å². The van der Waals surface area contributed by atoms with Crippen LogP contribution in [0.2, 0.25) is 0 Å². The number of carbonyl (C=O) groups is 1. The minimum absolute atomic E-state index is 0.242. The fourth-order valence-electron chi connectivity index (χ4n) is 7.47. The second-order valence-electron chi connectivity index (χ2n) is 16.2. The van der Waals surface area contributed by atoms with E-state index in [1.165, 1.54) is 96.3 Å². The molecule has 1 amide bonds. The summed E-state index contributed by atoms with van der Waals surface area (Å²) in [7, 11) is 0. The zero-order valence-electron chi connectivity index (χ0n) is 35.1. The summed E-state index contributed by atoms with van der Waals surface area (Å²) in [6.07, 6.45) is 12.7. The maximum Gasteiger partial charge on any atom is 0.220 e. The predicted molar refractivity (Wildman–Crippen MR) is 217 cm³/mol. The van der Waals surface area contributed by atoms with Crippen LogP contribution in [-0.2, 0) is 23.7 Å². The van der Waals surface area contributed by atoms with Gasteiger partial charge < -0.3 is 65.1 Å². The molecule has 0 radical (unpaired) electrons. The summed E-state index contributed by atoms with van der Waals surface area (Å²) in [6.45, 7) is 2.73. The Labute approximate surface area is 342 Å². The largest absolute Gasteiger partial charge is 0.394 e. The van der Waals surface area contributed by atoms with Crippen molar-refractivity contribution >= 4 is 5.91 Å². The number of ether oxygens (including phenoxy) is 4. The number of hydrogen-bond acceptors (Lipinski definition) is 13. The van der Waals surface area contributed by atoms with Crippen LogP contribution in [0.25, 0.3) is 0 Å². The number of amides is 1. The molecule has 57 heavy (non-hydrogen) atoms. The van der Waals surface area contributed by atoms with Gasteiger partial charge in [0.2, 0.25) is 5.91 Å². The molecule has 14 heteroatoms.